The quantitative estimate of drug-likeness (QED) is 0.200. The van der Waals surface area contributed by atoms with Gasteiger partial charge in [0.15, 0.2) is 0 Å². The molecule has 0 aromatic heterocycles. The standard InChI is InChI=1S/C21H25.C17H18.C5H5.2ClH.Zr/c1-20(2,3)16-7-9-18-14(12-16)11-15-13-17(21(4,5)6)8-10-19(15)18;1-4-10-16(11-5-1)14-8-3-9-15-17-12-6-2-7-13-17;1-2-4-5-3-1;;;/h7-13H,1-6H3;1-2,4-7,10-13H,8-9,14-15H2;1-3H,4H2;2*1H;/q-1;;-1;;;+2/p-2. The zero-order valence-corrected chi connectivity index (χ0v) is 32.3. The van der Waals surface area contributed by atoms with Crippen LogP contribution in [0.3, 0.4) is 0 Å². The van der Waals surface area contributed by atoms with Crippen molar-refractivity contribution < 1.29 is 49.0 Å². The van der Waals surface area contributed by atoms with Gasteiger partial charge in [0.25, 0.3) is 0 Å². The zero-order chi connectivity index (χ0) is 31.6. The van der Waals surface area contributed by atoms with Gasteiger partial charge in [-0.1, -0.05) is 76.9 Å². The average molecular weight is 727 g/mol. The summed E-state index contributed by atoms with van der Waals surface area (Å²) in [5.74, 6) is 0. The molecule has 0 amide bonds. The van der Waals surface area contributed by atoms with Crippen molar-refractivity contribution in [2.75, 3.05) is 0 Å². The Bertz CT molecular complexity index is 1570. The van der Waals surface area contributed by atoms with Crippen LogP contribution < -0.4 is 24.8 Å². The van der Waals surface area contributed by atoms with Gasteiger partial charge in [-0.3, -0.25) is 6.08 Å². The second kappa shape index (κ2) is 18.8. The molecule has 3 heteroatoms. The monoisotopic (exact) mass is 724 g/mol. The van der Waals surface area contributed by atoms with E-state index in [2.05, 4.69) is 157 Å². The molecule has 0 radical (unpaired) electrons. The van der Waals surface area contributed by atoms with Crippen molar-refractivity contribution in [3.05, 3.63) is 150 Å². The van der Waals surface area contributed by atoms with Crippen LogP contribution in [0.1, 0.15) is 83.1 Å². The Morgan fingerprint density at radius 1 is 0.652 bits per heavy atom. The molecule has 1 aliphatic carbocycles. The summed E-state index contributed by atoms with van der Waals surface area (Å²) in [5, 5.41) is 5.48. The number of fused-ring (bicyclic) bond motifs is 3. The molecule has 5 aromatic carbocycles. The van der Waals surface area contributed by atoms with E-state index in [1.165, 1.54) is 69.5 Å². The second-order valence-corrected chi connectivity index (χ2v) is 15.6. The Morgan fingerprint density at radius 3 is 1.41 bits per heavy atom. The van der Waals surface area contributed by atoms with Gasteiger partial charge in [0.2, 0.25) is 0 Å². The maximum absolute atomic E-state index is 2.99. The third-order valence-electron chi connectivity index (χ3n) is 8.14. The Balaban J connectivity index is 0.000000270. The molecule has 0 bridgehead atoms. The van der Waals surface area contributed by atoms with Crippen LogP contribution in [0.5, 0.6) is 0 Å². The van der Waals surface area contributed by atoms with E-state index < -0.39 is 0 Å². The number of hydrogen-bond acceptors (Lipinski definition) is 0. The normalized spacial score (nSPS) is 12.0. The first-order valence-electron chi connectivity index (χ1n) is 16.0. The minimum absolute atomic E-state index is 0. The van der Waals surface area contributed by atoms with Crippen molar-refractivity contribution >= 4 is 24.8 Å². The third kappa shape index (κ3) is 12.3. The number of aryl methyl sites for hydroxylation is 2. The fraction of sp³-hybridized carbons (Fsp3) is 0.302. The average Bonchev–Trinajstić information content (AvgIpc) is 3.71. The molecule has 240 valence electrons. The van der Waals surface area contributed by atoms with E-state index in [-0.39, 0.29) is 35.6 Å². The van der Waals surface area contributed by atoms with Crippen LogP contribution in [0.15, 0.2) is 121 Å². The zero-order valence-electron chi connectivity index (χ0n) is 28.3. The summed E-state index contributed by atoms with van der Waals surface area (Å²) in [7, 11) is 0. The SMILES string of the molecule is CC(C)(C)c1ccc2c(c1)[cH-]c1cc(C(C)(C)C)ccc12.[C-]1=CC=CC1.[Cl-].[Cl-].[Zr+2]=[C](CCc1ccccc1)CCc1ccccc1. The fourth-order valence-corrected chi connectivity index (χ4v) is 5.91. The first-order valence-corrected chi connectivity index (χ1v) is 17.2. The number of halogens is 2. The van der Waals surface area contributed by atoms with E-state index in [4.69, 9.17) is 0 Å². The van der Waals surface area contributed by atoms with E-state index in [1.807, 2.05) is 12.2 Å². The summed E-state index contributed by atoms with van der Waals surface area (Å²) >= 11 is 1.60. The first kappa shape index (κ1) is 39.7. The minimum atomic E-state index is 0. The molecule has 5 aromatic rings. The van der Waals surface area contributed by atoms with Crippen molar-refractivity contribution in [1.29, 1.82) is 0 Å². The summed E-state index contributed by atoms with van der Waals surface area (Å²) in [6, 6.07) is 37.7. The first-order chi connectivity index (χ1) is 21.0. The van der Waals surface area contributed by atoms with E-state index in [0.717, 1.165) is 6.42 Å². The van der Waals surface area contributed by atoms with Crippen LogP contribution in [0.25, 0.3) is 21.5 Å². The number of hydrogen-bond donors (Lipinski definition) is 0. The van der Waals surface area contributed by atoms with E-state index >= 15 is 0 Å². The van der Waals surface area contributed by atoms with Crippen LogP contribution in [0.2, 0.25) is 0 Å². The van der Waals surface area contributed by atoms with Crippen molar-refractivity contribution in [3.8, 4) is 0 Å². The Kier molecular flexibility index (Phi) is 16.2. The van der Waals surface area contributed by atoms with Gasteiger partial charge in [-0.15, -0.1) is 46.2 Å². The number of rotatable bonds is 6. The predicted molar refractivity (Wildman–Crippen MR) is 191 cm³/mol. The van der Waals surface area contributed by atoms with Gasteiger partial charge < -0.3 is 24.8 Å². The van der Waals surface area contributed by atoms with Gasteiger partial charge >= 0.3 is 125 Å². The summed E-state index contributed by atoms with van der Waals surface area (Å²) in [6.07, 6.45) is 14.9. The van der Waals surface area contributed by atoms with Crippen molar-refractivity contribution in [1.82, 2.24) is 0 Å². The Labute approximate surface area is 305 Å². The summed E-state index contributed by atoms with van der Waals surface area (Å²) < 4.78 is 1.69. The molecule has 6 rings (SSSR count). The number of benzene rings is 4. The molecule has 0 nitrogen and oxygen atoms in total. The Hall–Kier alpha value is -2.44. The van der Waals surface area contributed by atoms with Gasteiger partial charge in [-0.05, 0) is 10.8 Å². The van der Waals surface area contributed by atoms with Crippen LogP contribution in [-0.4, -0.2) is 3.21 Å². The molecular formula is C43H48Cl2Zr-2. The van der Waals surface area contributed by atoms with Gasteiger partial charge in [0.05, 0.1) is 0 Å². The van der Waals surface area contributed by atoms with Crippen LogP contribution in [0.4, 0.5) is 0 Å². The van der Waals surface area contributed by atoms with Gasteiger partial charge in [0.1, 0.15) is 0 Å². The topological polar surface area (TPSA) is 0 Å². The van der Waals surface area contributed by atoms with E-state index in [1.54, 1.807) is 27.4 Å². The maximum atomic E-state index is 2.99. The third-order valence-corrected chi connectivity index (χ3v) is 9.37. The van der Waals surface area contributed by atoms with Crippen LogP contribution >= 0.6 is 0 Å². The second-order valence-electron chi connectivity index (χ2n) is 13.8. The molecule has 0 saturated carbocycles. The summed E-state index contributed by atoms with van der Waals surface area (Å²) in [6.45, 7) is 13.6. The molecular weight excluding hydrogens is 679 g/mol. The molecule has 0 aliphatic heterocycles. The molecule has 0 unspecified atom stereocenters. The molecule has 46 heavy (non-hydrogen) atoms. The fourth-order valence-electron chi connectivity index (χ4n) is 5.30. The van der Waals surface area contributed by atoms with Crippen molar-refractivity contribution in [3.63, 3.8) is 0 Å². The van der Waals surface area contributed by atoms with Crippen molar-refractivity contribution in [2.24, 2.45) is 0 Å². The summed E-state index contributed by atoms with van der Waals surface area (Å²) in [5.41, 5.74) is 6.12. The van der Waals surface area contributed by atoms with Gasteiger partial charge in [0, 0.05) is 0 Å². The molecule has 0 spiro atoms. The molecule has 0 N–H and O–H groups in total. The van der Waals surface area contributed by atoms with Gasteiger partial charge in [-0.2, -0.15) is 6.08 Å². The van der Waals surface area contributed by atoms with Crippen LogP contribution in [-0.2, 0) is 47.9 Å². The summed E-state index contributed by atoms with van der Waals surface area (Å²) in [4.78, 5) is 0. The molecule has 0 saturated heterocycles. The molecule has 0 atom stereocenters. The van der Waals surface area contributed by atoms with Crippen LogP contribution in [0, 0.1) is 6.08 Å². The molecule has 0 fully saturated rings. The van der Waals surface area contributed by atoms with Crippen molar-refractivity contribution in [2.45, 2.75) is 84.5 Å². The molecule has 1 aliphatic rings. The van der Waals surface area contributed by atoms with E-state index in [9.17, 15) is 0 Å². The predicted octanol–water partition coefficient (Wildman–Crippen LogP) is 5.59. The molecule has 0 heterocycles. The van der Waals surface area contributed by atoms with E-state index in [0.29, 0.717) is 0 Å². The van der Waals surface area contributed by atoms with Gasteiger partial charge in [-0.25, -0.2) is 12.2 Å². The number of allylic oxidation sites excluding steroid dienone is 4. The Morgan fingerprint density at radius 2 is 1.09 bits per heavy atom.